The second-order valence-electron chi connectivity index (χ2n) is 5.10. The van der Waals surface area contributed by atoms with Crippen LogP contribution in [0.2, 0.25) is 0 Å². The van der Waals surface area contributed by atoms with Crippen LogP contribution in [0.4, 0.5) is 5.69 Å². The molecule has 0 atom stereocenters. The van der Waals surface area contributed by atoms with Crippen LogP contribution >= 0.6 is 11.8 Å². The summed E-state index contributed by atoms with van der Waals surface area (Å²) in [6.07, 6.45) is 1.57. The molecule has 0 aliphatic heterocycles. The minimum Gasteiger partial charge on any atom is -0.461 e. The zero-order valence-electron chi connectivity index (χ0n) is 13.5. The van der Waals surface area contributed by atoms with E-state index in [1.807, 2.05) is 31.3 Å². The Balaban J connectivity index is 1.70. The lowest BCUT2D eigenvalue weighted by Crippen LogP contribution is -2.32. The van der Waals surface area contributed by atoms with E-state index in [2.05, 4.69) is 10.2 Å². The van der Waals surface area contributed by atoms with Gasteiger partial charge in [-0.25, -0.2) is 0 Å². The fourth-order valence-electron chi connectivity index (χ4n) is 2.27. The summed E-state index contributed by atoms with van der Waals surface area (Å²) in [4.78, 5) is 14.0. The minimum absolute atomic E-state index is 0.000131. The standard InChI is InChI=1S/C17H15N5O2S/c1-21-16(14-8-5-11-24-14)19-20-17(21)25-12-15(23)22(10-9-18)13-6-3-2-4-7-13/h2-8,11H,10,12H2,1H3. The Bertz CT molecular complexity index is 884. The average Bonchev–Trinajstić information content (AvgIpc) is 3.28. The number of hydrogen-bond donors (Lipinski definition) is 0. The highest BCUT2D eigenvalue weighted by molar-refractivity contribution is 7.99. The molecule has 0 N–H and O–H groups in total. The molecular weight excluding hydrogens is 338 g/mol. The van der Waals surface area contributed by atoms with E-state index in [-0.39, 0.29) is 18.2 Å². The maximum absolute atomic E-state index is 12.5. The van der Waals surface area contributed by atoms with Gasteiger partial charge >= 0.3 is 0 Å². The van der Waals surface area contributed by atoms with E-state index in [9.17, 15) is 4.79 Å². The van der Waals surface area contributed by atoms with Gasteiger partial charge in [-0.1, -0.05) is 30.0 Å². The summed E-state index contributed by atoms with van der Waals surface area (Å²) in [6.45, 7) is -0.000131. The van der Waals surface area contributed by atoms with E-state index in [0.717, 1.165) is 0 Å². The molecule has 0 saturated heterocycles. The van der Waals surface area contributed by atoms with Crippen LogP contribution in [0.15, 0.2) is 58.3 Å². The van der Waals surface area contributed by atoms with Crippen LogP contribution < -0.4 is 4.90 Å². The second kappa shape index (κ2) is 7.68. The molecule has 0 fully saturated rings. The van der Waals surface area contributed by atoms with Crippen molar-refractivity contribution in [1.82, 2.24) is 14.8 Å². The van der Waals surface area contributed by atoms with Crippen molar-refractivity contribution in [1.29, 1.82) is 5.26 Å². The second-order valence-corrected chi connectivity index (χ2v) is 6.05. The van der Waals surface area contributed by atoms with Crippen molar-refractivity contribution in [3.05, 3.63) is 48.7 Å². The van der Waals surface area contributed by atoms with Gasteiger partial charge in [0.05, 0.1) is 18.1 Å². The first-order valence-electron chi connectivity index (χ1n) is 7.49. The topological polar surface area (TPSA) is 88.0 Å². The molecule has 3 aromatic rings. The van der Waals surface area contributed by atoms with Crippen molar-refractivity contribution in [3.63, 3.8) is 0 Å². The van der Waals surface area contributed by atoms with Crippen molar-refractivity contribution >= 4 is 23.4 Å². The number of nitriles is 1. The number of furan rings is 1. The molecule has 0 saturated carbocycles. The first kappa shape index (κ1) is 16.8. The summed E-state index contributed by atoms with van der Waals surface area (Å²) in [7, 11) is 1.81. The lowest BCUT2D eigenvalue weighted by atomic mass is 10.3. The quantitative estimate of drug-likeness (QED) is 0.500. The molecule has 126 valence electrons. The molecule has 0 radical (unpaired) electrons. The van der Waals surface area contributed by atoms with E-state index in [0.29, 0.717) is 22.4 Å². The summed E-state index contributed by atoms with van der Waals surface area (Å²) >= 11 is 1.27. The number of benzene rings is 1. The number of thioether (sulfide) groups is 1. The van der Waals surface area contributed by atoms with E-state index in [1.165, 1.54) is 16.7 Å². The zero-order valence-corrected chi connectivity index (χ0v) is 14.3. The number of nitrogens with zero attached hydrogens (tertiary/aromatic N) is 5. The maximum atomic E-state index is 12.5. The van der Waals surface area contributed by atoms with Gasteiger partial charge in [-0.3, -0.25) is 9.69 Å². The number of anilines is 1. The SMILES string of the molecule is Cn1c(SCC(=O)N(CC#N)c2ccccc2)nnc1-c1ccco1. The molecule has 7 nitrogen and oxygen atoms in total. The molecule has 3 rings (SSSR count). The van der Waals surface area contributed by atoms with Crippen LogP contribution in [0.3, 0.4) is 0 Å². The van der Waals surface area contributed by atoms with E-state index < -0.39 is 0 Å². The van der Waals surface area contributed by atoms with Gasteiger partial charge in [0.25, 0.3) is 0 Å². The van der Waals surface area contributed by atoms with Gasteiger partial charge in [-0.2, -0.15) is 5.26 Å². The highest BCUT2D eigenvalue weighted by atomic mass is 32.2. The summed E-state index contributed by atoms with van der Waals surface area (Å²) in [5, 5.41) is 17.8. The zero-order chi connectivity index (χ0) is 17.6. The monoisotopic (exact) mass is 353 g/mol. The highest BCUT2D eigenvalue weighted by Gasteiger charge is 2.18. The lowest BCUT2D eigenvalue weighted by Gasteiger charge is -2.19. The third kappa shape index (κ3) is 3.72. The molecule has 0 aliphatic carbocycles. The first-order valence-corrected chi connectivity index (χ1v) is 8.47. The van der Waals surface area contributed by atoms with Crippen molar-refractivity contribution in [2.75, 3.05) is 17.2 Å². The van der Waals surface area contributed by atoms with Gasteiger partial charge in [0.15, 0.2) is 16.7 Å². The van der Waals surface area contributed by atoms with Crippen LogP contribution in [0.25, 0.3) is 11.6 Å². The van der Waals surface area contributed by atoms with Gasteiger partial charge in [0.2, 0.25) is 5.91 Å². The number of para-hydroxylation sites is 1. The Morgan fingerprint density at radius 2 is 2.08 bits per heavy atom. The number of carbonyl (C=O) groups excluding carboxylic acids is 1. The summed E-state index contributed by atoms with van der Waals surface area (Å²) in [5.41, 5.74) is 0.698. The number of aromatic nitrogens is 3. The van der Waals surface area contributed by atoms with Crippen LogP contribution in [0.5, 0.6) is 0 Å². The van der Waals surface area contributed by atoms with E-state index in [1.54, 1.807) is 35.1 Å². The molecular formula is C17H15N5O2S. The molecule has 1 amide bonds. The van der Waals surface area contributed by atoms with Gasteiger partial charge < -0.3 is 8.98 Å². The predicted molar refractivity (Wildman–Crippen MR) is 93.8 cm³/mol. The Kier molecular flexibility index (Phi) is 5.16. The normalized spacial score (nSPS) is 10.4. The predicted octanol–water partition coefficient (Wildman–Crippen LogP) is 2.72. The van der Waals surface area contributed by atoms with E-state index >= 15 is 0 Å². The molecule has 0 bridgehead atoms. The lowest BCUT2D eigenvalue weighted by molar-refractivity contribution is -0.116. The van der Waals surface area contributed by atoms with Gasteiger partial charge in [-0.05, 0) is 24.3 Å². The van der Waals surface area contributed by atoms with Gasteiger partial charge in [-0.15, -0.1) is 10.2 Å². The largest absolute Gasteiger partial charge is 0.461 e. The highest BCUT2D eigenvalue weighted by Crippen LogP contribution is 2.23. The first-order chi connectivity index (χ1) is 12.2. The summed E-state index contributed by atoms with van der Waals surface area (Å²) < 4.78 is 7.10. The molecule has 0 spiro atoms. The van der Waals surface area contributed by atoms with Crippen molar-refractivity contribution in [3.8, 4) is 17.7 Å². The Hall–Kier alpha value is -3.05. The molecule has 0 unspecified atom stereocenters. The van der Waals surface area contributed by atoms with Crippen molar-refractivity contribution in [2.24, 2.45) is 7.05 Å². The van der Waals surface area contributed by atoms with Crippen LogP contribution in [-0.2, 0) is 11.8 Å². The Morgan fingerprint density at radius 3 is 2.76 bits per heavy atom. The average molecular weight is 353 g/mol. The third-order valence-electron chi connectivity index (χ3n) is 3.50. The fourth-order valence-corrected chi connectivity index (χ4v) is 3.05. The molecule has 0 aliphatic rings. The molecule has 1 aromatic carbocycles. The molecule has 8 heteroatoms. The van der Waals surface area contributed by atoms with Gasteiger partial charge in [0.1, 0.15) is 6.54 Å². The Labute approximate surface area is 148 Å². The fraction of sp³-hybridized carbons (Fsp3) is 0.176. The Morgan fingerprint density at radius 1 is 1.28 bits per heavy atom. The van der Waals surface area contributed by atoms with Crippen molar-refractivity contribution in [2.45, 2.75) is 5.16 Å². The number of hydrogen-bond acceptors (Lipinski definition) is 6. The van der Waals surface area contributed by atoms with E-state index in [4.69, 9.17) is 9.68 Å². The number of carbonyl (C=O) groups is 1. The molecule has 2 heterocycles. The summed E-state index contributed by atoms with van der Waals surface area (Å²) in [5.74, 6) is 1.20. The van der Waals surface area contributed by atoms with Crippen LogP contribution in [0.1, 0.15) is 0 Å². The van der Waals surface area contributed by atoms with Crippen LogP contribution in [-0.4, -0.2) is 33.0 Å². The maximum Gasteiger partial charge on any atom is 0.238 e. The number of amides is 1. The molecule has 2 aromatic heterocycles. The summed E-state index contributed by atoms with van der Waals surface area (Å²) in [6, 6.07) is 14.7. The van der Waals surface area contributed by atoms with Crippen molar-refractivity contribution < 1.29 is 9.21 Å². The smallest absolute Gasteiger partial charge is 0.238 e. The number of rotatable bonds is 6. The molecule has 25 heavy (non-hydrogen) atoms. The third-order valence-corrected chi connectivity index (χ3v) is 4.50. The minimum atomic E-state index is -0.166. The van der Waals surface area contributed by atoms with Gasteiger partial charge in [0, 0.05) is 12.7 Å². The van der Waals surface area contributed by atoms with Crippen LogP contribution in [0, 0.1) is 11.3 Å².